The average molecular weight is 461 g/mol. The number of nitriles is 1. The summed E-state index contributed by atoms with van der Waals surface area (Å²) in [7, 11) is 1.89. The van der Waals surface area contributed by atoms with Gasteiger partial charge in [-0.05, 0) is 44.0 Å². The summed E-state index contributed by atoms with van der Waals surface area (Å²) in [5.41, 5.74) is 4.31. The van der Waals surface area contributed by atoms with Crippen LogP contribution in [0, 0.1) is 32.1 Å². The van der Waals surface area contributed by atoms with Crippen molar-refractivity contribution in [3.63, 3.8) is 0 Å². The van der Waals surface area contributed by atoms with Crippen molar-refractivity contribution in [2.75, 3.05) is 11.1 Å². The molecule has 0 fully saturated rings. The number of carbonyl (C=O) groups is 1. The lowest BCUT2D eigenvalue weighted by molar-refractivity contribution is -0.113. The molecule has 3 aromatic heterocycles. The minimum absolute atomic E-state index is 0.134. The van der Waals surface area contributed by atoms with E-state index in [-0.39, 0.29) is 11.7 Å². The lowest BCUT2D eigenvalue weighted by Crippen LogP contribution is -2.18. The zero-order valence-corrected chi connectivity index (χ0v) is 19.7. The van der Waals surface area contributed by atoms with Crippen LogP contribution < -0.4 is 5.32 Å². The molecule has 0 atom stereocenters. The van der Waals surface area contributed by atoms with Crippen molar-refractivity contribution >= 4 is 23.5 Å². The molecule has 0 saturated heterocycles. The standard InChI is InChI=1S/C24H24N6O2S/c1-15-8-5-6-10-19(15)23-27-28-24(29(23)4)33-14-21(31)26-22-20(12-25)16(2)17(3)30(22)13-18-9-7-11-32-18/h5-11H,13-14H2,1-4H3,(H,26,31). The molecular weight excluding hydrogens is 436 g/mol. The van der Waals surface area contributed by atoms with Gasteiger partial charge in [-0.25, -0.2) is 0 Å². The Labute approximate surface area is 196 Å². The molecule has 4 aromatic rings. The molecule has 9 heteroatoms. The van der Waals surface area contributed by atoms with E-state index in [1.54, 1.807) is 6.26 Å². The Bertz CT molecular complexity index is 1340. The fraction of sp³-hybridized carbons (Fsp3) is 0.250. The maximum absolute atomic E-state index is 12.8. The van der Waals surface area contributed by atoms with Crippen LogP contribution in [0.3, 0.4) is 0 Å². The SMILES string of the molecule is Cc1ccccc1-c1nnc(SCC(=O)Nc2c(C#N)c(C)c(C)n2Cc2ccco2)n1C. The van der Waals surface area contributed by atoms with Gasteiger partial charge in [-0.1, -0.05) is 36.0 Å². The first-order valence-corrected chi connectivity index (χ1v) is 11.4. The molecule has 8 nitrogen and oxygen atoms in total. The summed E-state index contributed by atoms with van der Waals surface area (Å²) in [6, 6.07) is 13.9. The van der Waals surface area contributed by atoms with Crippen LogP contribution in [0.15, 0.2) is 52.2 Å². The summed E-state index contributed by atoms with van der Waals surface area (Å²) >= 11 is 1.30. The normalized spacial score (nSPS) is 10.9. The van der Waals surface area contributed by atoms with E-state index < -0.39 is 0 Å². The molecule has 0 radical (unpaired) electrons. The number of hydrogen-bond acceptors (Lipinski definition) is 6. The number of aromatic nitrogens is 4. The third-order valence-corrected chi connectivity index (χ3v) is 6.67. The average Bonchev–Trinajstić information content (AvgIpc) is 3.50. The monoisotopic (exact) mass is 460 g/mol. The molecule has 0 bridgehead atoms. The number of amides is 1. The topological polar surface area (TPSA) is 102 Å². The van der Waals surface area contributed by atoms with Gasteiger partial charge in [0.1, 0.15) is 17.6 Å². The maximum atomic E-state index is 12.8. The first-order valence-electron chi connectivity index (χ1n) is 10.4. The minimum atomic E-state index is -0.227. The van der Waals surface area contributed by atoms with Gasteiger partial charge in [-0.3, -0.25) is 4.79 Å². The molecule has 0 spiro atoms. The molecule has 0 aliphatic heterocycles. The maximum Gasteiger partial charge on any atom is 0.235 e. The Morgan fingerprint density at radius 2 is 1.97 bits per heavy atom. The number of thioether (sulfide) groups is 1. The summed E-state index contributed by atoms with van der Waals surface area (Å²) in [5, 5.41) is 21.8. The van der Waals surface area contributed by atoms with E-state index in [2.05, 4.69) is 21.6 Å². The van der Waals surface area contributed by atoms with Gasteiger partial charge in [0.15, 0.2) is 11.0 Å². The zero-order valence-electron chi connectivity index (χ0n) is 18.9. The van der Waals surface area contributed by atoms with Crippen molar-refractivity contribution in [3.05, 3.63) is 70.8 Å². The van der Waals surface area contributed by atoms with E-state index in [0.717, 1.165) is 34.0 Å². The molecule has 0 saturated carbocycles. The molecule has 1 aromatic carbocycles. The Morgan fingerprint density at radius 1 is 1.18 bits per heavy atom. The van der Waals surface area contributed by atoms with Crippen LogP contribution in [-0.4, -0.2) is 31.0 Å². The highest BCUT2D eigenvalue weighted by molar-refractivity contribution is 7.99. The van der Waals surface area contributed by atoms with E-state index in [9.17, 15) is 10.1 Å². The first-order chi connectivity index (χ1) is 15.9. The van der Waals surface area contributed by atoms with Crippen LogP contribution in [0.1, 0.15) is 28.1 Å². The van der Waals surface area contributed by atoms with E-state index >= 15 is 0 Å². The van der Waals surface area contributed by atoms with Crippen LogP contribution in [0.25, 0.3) is 11.4 Å². The largest absolute Gasteiger partial charge is 0.467 e. The molecule has 168 valence electrons. The first kappa shape index (κ1) is 22.4. The molecule has 33 heavy (non-hydrogen) atoms. The smallest absolute Gasteiger partial charge is 0.235 e. The number of hydrogen-bond donors (Lipinski definition) is 1. The summed E-state index contributed by atoms with van der Waals surface area (Å²) in [4.78, 5) is 12.8. The highest BCUT2D eigenvalue weighted by Gasteiger charge is 2.21. The van der Waals surface area contributed by atoms with Gasteiger partial charge < -0.3 is 18.9 Å². The highest BCUT2D eigenvalue weighted by atomic mass is 32.2. The summed E-state index contributed by atoms with van der Waals surface area (Å²) in [6.07, 6.45) is 1.60. The van der Waals surface area contributed by atoms with Crippen LogP contribution in [0.4, 0.5) is 5.82 Å². The Morgan fingerprint density at radius 3 is 2.67 bits per heavy atom. The van der Waals surface area contributed by atoms with Gasteiger partial charge in [0.2, 0.25) is 5.91 Å². The van der Waals surface area contributed by atoms with Crippen LogP contribution in [0.5, 0.6) is 0 Å². The molecule has 0 aliphatic carbocycles. The van der Waals surface area contributed by atoms with Gasteiger partial charge in [-0.15, -0.1) is 10.2 Å². The van der Waals surface area contributed by atoms with Crippen LogP contribution in [-0.2, 0) is 18.4 Å². The second kappa shape index (κ2) is 9.38. The minimum Gasteiger partial charge on any atom is -0.467 e. The number of rotatable bonds is 7. The van der Waals surface area contributed by atoms with Crippen molar-refractivity contribution in [2.45, 2.75) is 32.5 Å². The van der Waals surface area contributed by atoms with Gasteiger partial charge >= 0.3 is 0 Å². The fourth-order valence-corrected chi connectivity index (χ4v) is 4.39. The van der Waals surface area contributed by atoms with Gasteiger partial charge in [0, 0.05) is 18.3 Å². The van der Waals surface area contributed by atoms with Crippen molar-refractivity contribution in [1.82, 2.24) is 19.3 Å². The highest BCUT2D eigenvalue weighted by Crippen LogP contribution is 2.29. The van der Waals surface area contributed by atoms with Gasteiger partial charge in [0.05, 0.1) is 24.1 Å². The number of aryl methyl sites for hydroxylation is 1. The third-order valence-electron chi connectivity index (χ3n) is 5.65. The summed E-state index contributed by atoms with van der Waals surface area (Å²) in [6.45, 7) is 6.26. The fourth-order valence-electron chi connectivity index (χ4n) is 3.68. The zero-order chi connectivity index (χ0) is 23.5. The molecule has 4 rings (SSSR count). The molecule has 1 amide bonds. The summed E-state index contributed by atoms with van der Waals surface area (Å²) in [5.74, 6) is 1.88. The molecule has 0 aliphatic rings. The Hall–Kier alpha value is -3.77. The van der Waals surface area contributed by atoms with Crippen LogP contribution >= 0.6 is 11.8 Å². The predicted octanol–water partition coefficient (Wildman–Crippen LogP) is 4.45. The molecule has 3 heterocycles. The van der Waals surface area contributed by atoms with Gasteiger partial charge in [-0.2, -0.15) is 5.26 Å². The van der Waals surface area contributed by atoms with Crippen molar-refractivity contribution in [2.24, 2.45) is 7.05 Å². The van der Waals surface area contributed by atoms with E-state index in [0.29, 0.717) is 23.1 Å². The van der Waals surface area contributed by atoms with Crippen molar-refractivity contribution < 1.29 is 9.21 Å². The quantitative estimate of drug-likeness (QED) is 0.409. The second-order valence-electron chi connectivity index (χ2n) is 7.73. The lowest BCUT2D eigenvalue weighted by Gasteiger charge is -2.12. The van der Waals surface area contributed by atoms with Crippen molar-refractivity contribution in [1.29, 1.82) is 5.26 Å². The predicted molar refractivity (Wildman–Crippen MR) is 127 cm³/mol. The van der Waals surface area contributed by atoms with E-state index in [1.807, 2.05) is 73.4 Å². The number of nitrogens with one attached hydrogen (secondary N) is 1. The molecule has 0 unspecified atom stereocenters. The molecule has 1 N–H and O–H groups in total. The number of nitrogens with zero attached hydrogens (tertiary/aromatic N) is 5. The third kappa shape index (κ3) is 4.43. The number of furan rings is 1. The Kier molecular flexibility index (Phi) is 6.38. The number of carbonyl (C=O) groups excluding carboxylic acids is 1. The lowest BCUT2D eigenvalue weighted by atomic mass is 10.1. The van der Waals surface area contributed by atoms with Crippen LogP contribution in [0.2, 0.25) is 0 Å². The number of benzene rings is 1. The summed E-state index contributed by atoms with van der Waals surface area (Å²) < 4.78 is 9.24. The van der Waals surface area contributed by atoms with Crippen molar-refractivity contribution in [3.8, 4) is 17.5 Å². The number of anilines is 1. The van der Waals surface area contributed by atoms with E-state index in [1.165, 1.54) is 11.8 Å². The van der Waals surface area contributed by atoms with Gasteiger partial charge in [0.25, 0.3) is 0 Å². The van der Waals surface area contributed by atoms with E-state index in [4.69, 9.17) is 4.42 Å². The molecular formula is C24H24N6O2S. The second-order valence-corrected chi connectivity index (χ2v) is 8.67. The Balaban J connectivity index is 1.51.